The first-order valence-electron chi connectivity index (χ1n) is 3.37. The first kappa shape index (κ1) is 7.06. The van der Waals surface area contributed by atoms with Crippen molar-refractivity contribution in [2.24, 2.45) is 0 Å². The summed E-state index contributed by atoms with van der Waals surface area (Å²) < 4.78 is 0. The molecule has 0 aliphatic carbocycles. The number of anilines is 1. The van der Waals surface area contributed by atoms with Crippen molar-refractivity contribution < 1.29 is 0 Å². The maximum atomic E-state index is 4.08. The molecule has 0 fully saturated rings. The molecule has 0 aliphatic rings. The molecule has 1 aromatic heterocycles. The Morgan fingerprint density at radius 2 is 2.40 bits per heavy atom. The highest BCUT2D eigenvalue weighted by atomic mass is 15.0. The average molecular weight is 135 g/mol. The van der Waals surface area contributed by atoms with Crippen molar-refractivity contribution in [1.29, 1.82) is 0 Å². The normalized spacial score (nSPS) is 9.90. The Labute approximate surface area is 61.3 Å². The van der Waals surface area contributed by atoms with Crippen molar-refractivity contribution in [1.82, 2.24) is 4.98 Å². The van der Waals surface area contributed by atoms with Gasteiger partial charge in [-0.25, -0.2) is 4.98 Å². The number of rotatable bonds is 2. The number of pyridine rings is 1. The molecule has 1 radical (unpaired) electrons. The summed E-state index contributed by atoms with van der Waals surface area (Å²) in [6.07, 6.45) is 1.73. The molecule has 0 aromatic carbocycles. The Kier molecular flexibility index (Phi) is 2.26. The summed E-state index contributed by atoms with van der Waals surface area (Å²) in [5, 5.41) is 3.16. The van der Waals surface area contributed by atoms with E-state index in [9.17, 15) is 0 Å². The SMILES string of the molecule is CC(C)Nc1c[c]ccn1. The van der Waals surface area contributed by atoms with E-state index in [2.05, 4.69) is 30.2 Å². The lowest BCUT2D eigenvalue weighted by Gasteiger charge is -2.06. The predicted octanol–water partition coefficient (Wildman–Crippen LogP) is 1.70. The molecule has 2 nitrogen and oxygen atoms in total. The molecular formula is C8H11N2. The molecule has 1 N–H and O–H groups in total. The van der Waals surface area contributed by atoms with Crippen molar-refractivity contribution >= 4 is 5.82 Å². The third-order valence-electron chi connectivity index (χ3n) is 1.04. The first-order chi connectivity index (χ1) is 4.79. The van der Waals surface area contributed by atoms with Crippen LogP contribution in [0.15, 0.2) is 18.3 Å². The minimum absolute atomic E-state index is 0.434. The summed E-state index contributed by atoms with van der Waals surface area (Å²) in [4.78, 5) is 4.08. The zero-order valence-corrected chi connectivity index (χ0v) is 6.26. The van der Waals surface area contributed by atoms with Gasteiger partial charge in [0.05, 0.1) is 0 Å². The van der Waals surface area contributed by atoms with Gasteiger partial charge in [-0.2, -0.15) is 0 Å². The van der Waals surface area contributed by atoms with Gasteiger partial charge < -0.3 is 5.32 Å². The molecule has 0 bridgehead atoms. The van der Waals surface area contributed by atoms with E-state index in [4.69, 9.17) is 0 Å². The van der Waals surface area contributed by atoms with Gasteiger partial charge in [0.2, 0.25) is 0 Å². The smallest absolute Gasteiger partial charge is 0.126 e. The van der Waals surface area contributed by atoms with Gasteiger partial charge in [0.1, 0.15) is 5.82 Å². The van der Waals surface area contributed by atoms with E-state index >= 15 is 0 Å². The lowest BCUT2D eigenvalue weighted by atomic mass is 10.4. The molecule has 53 valence electrons. The predicted molar refractivity (Wildman–Crippen MR) is 41.8 cm³/mol. The topological polar surface area (TPSA) is 24.9 Å². The second kappa shape index (κ2) is 3.20. The second-order valence-corrected chi connectivity index (χ2v) is 2.44. The number of hydrogen-bond acceptors (Lipinski definition) is 2. The molecule has 2 heteroatoms. The van der Waals surface area contributed by atoms with Crippen molar-refractivity contribution in [2.45, 2.75) is 19.9 Å². The van der Waals surface area contributed by atoms with E-state index in [1.807, 2.05) is 6.07 Å². The van der Waals surface area contributed by atoms with Crippen LogP contribution in [0.2, 0.25) is 0 Å². The zero-order valence-electron chi connectivity index (χ0n) is 6.26. The van der Waals surface area contributed by atoms with Crippen molar-refractivity contribution in [3.05, 3.63) is 24.4 Å². The Morgan fingerprint density at radius 3 is 2.90 bits per heavy atom. The summed E-state index contributed by atoms with van der Waals surface area (Å²) in [6.45, 7) is 4.16. The minimum atomic E-state index is 0.434. The highest BCUT2D eigenvalue weighted by molar-refractivity contribution is 5.33. The largest absolute Gasteiger partial charge is 0.368 e. The molecule has 0 unspecified atom stereocenters. The molecule has 1 rings (SSSR count). The van der Waals surface area contributed by atoms with E-state index < -0.39 is 0 Å². The average Bonchev–Trinajstić information content (AvgIpc) is 1.88. The highest BCUT2D eigenvalue weighted by Gasteiger charge is 1.92. The number of aromatic nitrogens is 1. The van der Waals surface area contributed by atoms with Crippen LogP contribution in [0.4, 0.5) is 5.82 Å². The maximum absolute atomic E-state index is 4.08. The summed E-state index contributed by atoms with van der Waals surface area (Å²) in [7, 11) is 0. The number of hydrogen-bond donors (Lipinski definition) is 1. The maximum Gasteiger partial charge on any atom is 0.126 e. The van der Waals surface area contributed by atoms with Gasteiger partial charge in [-0.05, 0) is 32.0 Å². The van der Waals surface area contributed by atoms with E-state index in [0.29, 0.717) is 6.04 Å². The Hall–Kier alpha value is -1.05. The van der Waals surface area contributed by atoms with Gasteiger partial charge in [-0.3, -0.25) is 0 Å². The summed E-state index contributed by atoms with van der Waals surface area (Å²) >= 11 is 0. The van der Waals surface area contributed by atoms with Gasteiger partial charge in [0.25, 0.3) is 0 Å². The minimum Gasteiger partial charge on any atom is -0.368 e. The van der Waals surface area contributed by atoms with Crippen LogP contribution in [0.1, 0.15) is 13.8 Å². The van der Waals surface area contributed by atoms with Crippen LogP contribution in [0.25, 0.3) is 0 Å². The van der Waals surface area contributed by atoms with Crippen LogP contribution in [0.3, 0.4) is 0 Å². The molecule has 0 atom stereocenters. The lowest BCUT2D eigenvalue weighted by Crippen LogP contribution is -2.10. The van der Waals surface area contributed by atoms with Gasteiger partial charge >= 0.3 is 0 Å². The Balaban J connectivity index is 2.59. The molecule has 0 saturated carbocycles. The van der Waals surface area contributed by atoms with E-state index in [-0.39, 0.29) is 0 Å². The van der Waals surface area contributed by atoms with E-state index in [0.717, 1.165) is 5.82 Å². The van der Waals surface area contributed by atoms with Gasteiger partial charge in [0.15, 0.2) is 0 Å². The molecule has 1 heterocycles. The van der Waals surface area contributed by atoms with E-state index in [1.54, 1.807) is 12.3 Å². The Bertz CT molecular complexity index is 182. The molecular weight excluding hydrogens is 124 g/mol. The monoisotopic (exact) mass is 135 g/mol. The fourth-order valence-electron chi connectivity index (χ4n) is 0.700. The third kappa shape index (κ3) is 2.05. The zero-order chi connectivity index (χ0) is 7.40. The Morgan fingerprint density at radius 1 is 1.60 bits per heavy atom. The van der Waals surface area contributed by atoms with Crippen LogP contribution in [0.5, 0.6) is 0 Å². The van der Waals surface area contributed by atoms with Crippen LogP contribution in [-0.4, -0.2) is 11.0 Å². The van der Waals surface area contributed by atoms with Crippen LogP contribution >= 0.6 is 0 Å². The van der Waals surface area contributed by atoms with Gasteiger partial charge in [0, 0.05) is 12.2 Å². The van der Waals surface area contributed by atoms with Crippen LogP contribution in [-0.2, 0) is 0 Å². The van der Waals surface area contributed by atoms with Crippen molar-refractivity contribution in [3.8, 4) is 0 Å². The molecule has 10 heavy (non-hydrogen) atoms. The summed E-state index contributed by atoms with van der Waals surface area (Å²) in [5.41, 5.74) is 0. The lowest BCUT2D eigenvalue weighted by molar-refractivity contribution is 0.889. The number of nitrogens with one attached hydrogen (secondary N) is 1. The highest BCUT2D eigenvalue weighted by Crippen LogP contribution is 2.00. The molecule has 0 spiro atoms. The van der Waals surface area contributed by atoms with Crippen molar-refractivity contribution in [2.75, 3.05) is 5.32 Å². The fraction of sp³-hybridized carbons (Fsp3) is 0.375. The third-order valence-corrected chi connectivity index (χ3v) is 1.04. The molecule has 0 amide bonds. The quantitative estimate of drug-likeness (QED) is 0.667. The second-order valence-electron chi connectivity index (χ2n) is 2.44. The van der Waals surface area contributed by atoms with Crippen molar-refractivity contribution in [3.63, 3.8) is 0 Å². The standard InChI is InChI=1S/C8H11N2/c1-7(2)10-8-5-3-4-6-9-8/h4-7H,1-2H3,(H,9,10). The first-order valence-corrected chi connectivity index (χ1v) is 3.37. The molecule has 0 saturated heterocycles. The van der Waals surface area contributed by atoms with Crippen LogP contribution in [0, 0.1) is 6.07 Å². The fourth-order valence-corrected chi connectivity index (χ4v) is 0.700. The van der Waals surface area contributed by atoms with Gasteiger partial charge in [-0.15, -0.1) is 0 Å². The summed E-state index contributed by atoms with van der Waals surface area (Å²) in [5.74, 6) is 0.887. The van der Waals surface area contributed by atoms with Crippen LogP contribution < -0.4 is 5.32 Å². The van der Waals surface area contributed by atoms with E-state index in [1.165, 1.54) is 0 Å². The molecule has 1 aromatic rings. The van der Waals surface area contributed by atoms with Gasteiger partial charge in [-0.1, -0.05) is 0 Å². The summed E-state index contributed by atoms with van der Waals surface area (Å²) in [6, 6.07) is 6.99. The number of nitrogens with zero attached hydrogens (tertiary/aromatic N) is 1. The molecule has 0 aliphatic heterocycles.